The molecular formula is C12H15IN2O. The highest BCUT2D eigenvalue weighted by Gasteiger charge is 2.34. The van der Waals surface area contributed by atoms with Crippen LogP contribution >= 0.6 is 22.6 Å². The van der Waals surface area contributed by atoms with Gasteiger partial charge in [-0.05, 0) is 66.1 Å². The summed E-state index contributed by atoms with van der Waals surface area (Å²) >= 11 is 2.23. The molecule has 0 heterocycles. The van der Waals surface area contributed by atoms with Gasteiger partial charge in [-0.2, -0.15) is 0 Å². The molecule has 3 N–H and O–H groups in total. The summed E-state index contributed by atoms with van der Waals surface area (Å²) in [7, 11) is 0. The highest BCUT2D eigenvalue weighted by Crippen LogP contribution is 2.32. The molecule has 0 unspecified atom stereocenters. The van der Waals surface area contributed by atoms with Gasteiger partial charge in [0.25, 0.3) is 0 Å². The zero-order valence-corrected chi connectivity index (χ0v) is 11.2. The van der Waals surface area contributed by atoms with Crippen LogP contribution in [0.3, 0.4) is 0 Å². The second kappa shape index (κ2) is 4.71. The highest BCUT2D eigenvalue weighted by atomic mass is 127. The van der Waals surface area contributed by atoms with E-state index < -0.39 is 0 Å². The number of carbonyl (C=O) groups is 1. The lowest BCUT2D eigenvalue weighted by Gasteiger charge is -2.37. The zero-order chi connectivity index (χ0) is 11.6. The van der Waals surface area contributed by atoms with Gasteiger partial charge in [-0.15, -0.1) is 0 Å². The van der Waals surface area contributed by atoms with Gasteiger partial charge in [-0.3, -0.25) is 4.79 Å². The molecule has 0 radical (unpaired) electrons. The fourth-order valence-corrected chi connectivity index (χ4v) is 2.23. The van der Waals surface area contributed by atoms with Crippen LogP contribution in [0.25, 0.3) is 0 Å². The van der Waals surface area contributed by atoms with E-state index in [1.54, 1.807) is 0 Å². The summed E-state index contributed by atoms with van der Waals surface area (Å²) in [5.41, 5.74) is 6.62. The smallest absolute Gasteiger partial charge is 0.226 e. The molecule has 2 rings (SSSR count). The number of amides is 1. The SMILES string of the molecule is NC1(CC(=O)Nc2ccc(I)cc2)CCC1. The molecule has 0 spiro atoms. The van der Waals surface area contributed by atoms with Crippen molar-refractivity contribution in [3.8, 4) is 0 Å². The number of benzene rings is 1. The van der Waals surface area contributed by atoms with Gasteiger partial charge in [0.2, 0.25) is 5.91 Å². The van der Waals surface area contributed by atoms with Gasteiger partial charge in [0.05, 0.1) is 0 Å². The quantitative estimate of drug-likeness (QED) is 0.837. The maximum atomic E-state index is 11.7. The van der Waals surface area contributed by atoms with Crippen LogP contribution in [-0.4, -0.2) is 11.4 Å². The normalized spacial score (nSPS) is 17.6. The van der Waals surface area contributed by atoms with E-state index >= 15 is 0 Å². The van der Waals surface area contributed by atoms with Gasteiger partial charge in [-0.25, -0.2) is 0 Å². The van der Waals surface area contributed by atoms with E-state index in [1.807, 2.05) is 24.3 Å². The van der Waals surface area contributed by atoms with Crippen molar-refractivity contribution in [3.05, 3.63) is 27.8 Å². The molecule has 1 aliphatic carbocycles. The van der Waals surface area contributed by atoms with Gasteiger partial charge < -0.3 is 11.1 Å². The number of hydrogen-bond acceptors (Lipinski definition) is 2. The van der Waals surface area contributed by atoms with Gasteiger partial charge in [0, 0.05) is 21.2 Å². The second-order valence-electron chi connectivity index (χ2n) is 4.45. The number of rotatable bonds is 3. The van der Waals surface area contributed by atoms with E-state index in [2.05, 4.69) is 27.9 Å². The van der Waals surface area contributed by atoms with E-state index in [4.69, 9.17) is 5.73 Å². The number of hydrogen-bond donors (Lipinski definition) is 2. The van der Waals surface area contributed by atoms with Crippen LogP contribution in [0.5, 0.6) is 0 Å². The number of nitrogens with one attached hydrogen (secondary N) is 1. The van der Waals surface area contributed by atoms with E-state index in [-0.39, 0.29) is 11.4 Å². The van der Waals surface area contributed by atoms with Crippen LogP contribution in [-0.2, 0) is 4.79 Å². The van der Waals surface area contributed by atoms with Crippen LogP contribution in [0.2, 0.25) is 0 Å². The molecule has 4 heteroatoms. The number of anilines is 1. The van der Waals surface area contributed by atoms with Gasteiger partial charge >= 0.3 is 0 Å². The van der Waals surface area contributed by atoms with Crippen molar-refractivity contribution in [1.29, 1.82) is 0 Å². The molecule has 3 nitrogen and oxygen atoms in total. The lowest BCUT2D eigenvalue weighted by Crippen LogP contribution is -2.48. The topological polar surface area (TPSA) is 55.1 Å². The van der Waals surface area contributed by atoms with Crippen molar-refractivity contribution in [2.24, 2.45) is 5.73 Å². The van der Waals surface area contributed by atoms with Crippen molar-refractivity contribution in [1.82, 2.24) is 0 Å². The molecule has 0 saturated heterocycles. The maximum Gasteiger partial charge on any atom is 0.226 e. The standard InChI is InChI=1S/C12H15IN2O/c13-9-2-4-10(5-3-9)15-11(16)8-12(14)6-1-7-12/h2-5H,1,6-8,14H2,(H,15,16). The predicted molar refractivity (Wildman–Crippen MR) is 73.2 cm³/mol. The monoisotopic (exact) mass is 330 g/mol. The first kappa shape index (κ1) is 11.9. The first-order valence-electron chi connectivity index (χ1n) is 5.42. The van der Waals surface area contributed by atoms with Gasteiger partial charge in [-0.1, -0.05) is 0 Å². The molecular weight excluding hydrogens is 315 g/mol. The van der Waals surface area contributed by atoms with E-state index in [9.17, 15) is 4.79 Å². The van der Waals surface area contributed by atoms with Crippen molar-refractivity contribution in [2.75, 3.05) is 5.32 Å². The molecule has 16 heavy (non-hydrogen) atoms. The van der Waals surface area contributed by atoms with Crippen molar-refractivity contribution >= 4 is 34.2 Å². The fourth-order valence-electron chi connectivity index (χ4n) is 1.87. The lowest BCUT2D eigenvalue weighted by molar-refractivity contribution is -0.118. The van der Waals surface area contributed by atoms with E-state index in [0.717, 1.165) is 28.5 Å². The van der Waals surface area contributed by atoms with Crippen molar-refractivity contribution < 1.29 is 4.79 Å². The summed E-state index contributed by atoms with van der Waals surface area (Å²) < 4.78 is 1.16. The fraction of sp³-hybridized carbons (Fsp3) is 0.417. The maximum absolute atomic E-state index is 11.7. The van der Waals surface area contributed by atoms with Crippen LogP contribution in [0.15, 0.2) is 24.3 Å². The molecule has 1 fully saturated rings. The third-order valence-corrected chi connectivity index (χ3v) is 3.71. The summed E-state index contributed by atoms with van der Waals surface area (Å²) in [4.78, 5) is 11.7. The number of nitrogens with two attached hydrogens (primary N) is 1. The number of halogens is 1. The Morgan fingerprint density at radius 1 is 1.38 bits per heavy atom. The third kappa shape index (κ3) is 2.95. The minimum Gasteiger partial charge on any atom is -0.326 e. The molecule has 0 aromatic heterocycles. The molecule has 0 aliphatic heterocycles. The molecule has 0 bridgehead atoms. The first-order valence-corrected chi connectivity index (χ1v) is 6.50. The lowest BCUT2D eigenvalue weighted by atomic mass is 9.75. The molecule has 1 aliphatic rings. The molecule has 1 saturated carbocycles. The van der Waals surface area contributed by atoms with Gasteiger partial charge in [0.1, 0.15) is 0 Å². The van der Waals surface area contributed by atoms with Crippen LogP contribution in [0.4, 0.5) is 5.69 Å². The van der Waals surface area contributed by atoms with Crippen LogP contribution in [0.1, 0.15) is 25.7 Å². The summed E-state index contributed by atoms with van der Waals surface area (Å²) in [5.74, 6) is 0.0170. The van der Waals surface area contributed by atoms with Crippen molar-refractivity contribution in [3.63, 3.8) is 0 Å². The predicted octanol–water partition coefficient (Wildman–Crippen LogP) is 2.50. The van der Waals surface area contributed by atoms with Crippen LogP contribution in [0, 0.1) is 3.57 Å². The summed E-state index contributed by atoms with van der Waals surface area (Å²) in [6.45, 7) is 0. The summed E-state index contributed by atoms with van der Waals surface area (Å²) in [6.07, 6.45) is 3.51. The summed E-state index contributed by atoms with van der Waals surface area (Å²) in [5, 5.41) is 2.87. The Morgan fingerprint density at radius 3 is 2.50 bits per heavy atom. The Hall–Kier alpha value is -0.620. The minimum atomic E-state index is -0.243. The molecule has 1 aromatic carbocycles. The van der Waals surface area contributed by atoms with E-state index in [1.165, 1.54) is 0 Å². The molecule has 86 valence electrons. The average Bonchev–Trinajstić information content (AvgIpc) is 2.19. The minimum absolute atomic E-state index is 0.0170. The van der Waals surface area contributed by atoms with Crippen molar-refractivity contribution in [2.45, 2.75) is 31.2 Å². The molecule has 1 aromatic rings. The second-order valence-corrected chi connectivity index (χ2v) is 5.69. The Bertz CT molecular complexity index is 385. The Labute approximate surface area is 109 Å². The molecule has 0 atom stereocenters. The first-order chi connectivity index (χ1) is 7.57. The Balaban J connectivity index is 1.89. The Kier molecular flexibility index (Phi) is 3.49. The largest absolute Gasteiger partial charge is 0.326 e. The van der Waals surface area contributed by atoms with Crippen LogP contribution < -0.4 is 11.1 Å². The Morgan fingerprint density at radius 2 is 2.00 bits per heavy atom. The third-order valence-electron chi connectivity index (χ3n) is 2.99. The molecule has 1 amide bonds. The summed E-state index contributed by atoms with van der Waals surface area (Å²) in [6, 6.07) is 7.75. The average molecular weight is 330 g/mol. The van der Waals surface area contributed by atoms with E-state index in [0.29, 0.717) is 6.42 Å². The highest BCUT2D eigenvalue weighted by molar-refractivity contribution is 14.1. The zero-order valence-electron chi connectivity index (χ0n) is 9.00. The number of carbonyl (C=O) groups excluding carboxylic acids is 1. The van der Waals surface area contributed by atoms with Gasteiger partial charge in [0.15, 0.2) is 0 Å².